The van der Waals surface area contributed by atoms with E-state index >= 15 is 0 Å². The number of anilines is 1. The molecule has 7 heteroatoms. The zero-order valence-corrected chi connectivity index (χ0v) is 16.3. The fourth-order valence-electron chi connectivity index (χ4n) is 3.64. The Kier molecular flexibility index (Phi) is 5.06. The molecule has 1 aliphatic rings. The van der Waals surface area contributed by atoms with Gasteiger partial charge in [-0.2, -0.15) is 10.1 Å². The molecule has 0 unspecified atom stereocenters. The van der Waals surface area contributed by atoms with Gasteiger partial charge in [0.2, 0.25) is 5.95 Å². The lowest BCUT2D eigenvalue weighted by Gasteiger charge is -2.32. The molecular formula is C21H24N4O3. The van der Waals surface area contributed by atoms with Crippen molar-refractivity contribution in [3.63, 3.8) is 0 Å². The predicted octanol–water partition coefficient (Wildman–Crippen LogP) is 3.84. The van der Waals surface area contributed by atoms with Crippen LogP contribution >= 0.6 is 0 Å². The van der Waals surface area contributed by atoms with Gasteiger partial charge in [0.15, 0.2) is 11.5 Å². The molecule has 4 rings (SSSR count). The molecule has 7 nitrogen and oxygen atoms in total. The number of nitrogens with one attached hydrogen (secondary N) is 1. The number of rotatable bonds is 6. The topological polar surface area (TPSA) is 70.4 Å². The summed E-state index contributed by atoms with van der Waals surface area (Å²) in [5.74, 6) is 3.05. The molecule has 0 spiro atoms. The molecule has 1 aliphatic heterocycles. The van der Waals surface area contributed by atoms with E-state index in [4.69, 9.17) is 14.2 Å². The van der Waals surface area contributed by atoms with Gasteiger partial charge in [-0.25, -0.2) is 4.68 Å². The smallest absolute Gasteiger partial charge is 0.222 e. The molecule has 0 bridgehead atoms. The Hall–Kier alpha value is -3.22. The van der Waals surface area contributed by atoms with E-state index in [9.17, 15) is 0 Å². The van der Waals surface area contributed by atoms with Crippen molar-refractivity contribution in [3.05, 3.63) is 59.9 Å². The first kappa shape index (κ1) is 18.2. The second-order valence-corrected chi connectivity index (χ2v) is 6.59. The molecule has 2 aromatic carbocycles. The lowest BCUT2D eigenvalue weighted by atomic mass is 9.93. The van der Waals surface area contributed by atoms with Crippen molar-refractivity contribution >= 4 is 5.95 Å². The van der Waals surface area contributed by atoms with E-state index < -0.39 is 0 Å². The van der Waals surface area contributed by atoms with Crippen LogP contribution in [-0.2, 0) is 0 Å². The average molecular weight is 380 g/mol. The predicted molar refractivity (Wildman–Crippen MR) is 106 cm³/mol. The van der Waals surface area contributed by atoms with Crippen LogP contribution in [0, 0.1) is 0 Å². The van der Waals surface area contributed by atoms with Crippen LogP contribution in [0.4, 0.5) is 5.95 Å². The molecule has 3 aromatic rings. The van der Waals surface area contributed by atoms with Crippen LogP contribution in [0.3, 0.4) is 0 Å². The van der Waals surface area contributed by atoms with Crippen LogP contribution in [0.5, 0.6) is 17.2 Å². The van der Waals surface area contributed by atoms with Crippen molar-refractivity contribution in [1.82, 2.24) is 14.8 Å². The van der Waals surface area contributed by atoms with Crippen molar-refractivity contribution in [2.24, 2.45) is 0 Å². The van der Waals surface area contributed by atoms with Crippen LogP contribution in [0.15, 0.2) is 48.8 Å². The molecule has 1 aromatic heterocycles. The summed E-state index contributed by atoms with van der Waals surface area (Å²) in [6.45, 7) is 2.64. The van der Waals surface area contributed by atoms with Gasteiger partial charge in [-0.05, 0) is 48.7 Å². The summed E-state index contributed by atoms with van der Waals surface area (Å²) in [5.41, 5.74) is 2.28. The lowest BCUT2D eigenvalue weighted by molar-refractivity contribution is 0.340. The number of fused-ring (bicyclic) bond motifs is 1. The first-order chi connectivity index (χ1) is 13.7. The standard InChI is InChI=1S/C21H24N4O3/c1-4-28-16-8-5-14(6-9-16)17-12-18(25-21(24-17)22-13-23-25)15-7-10-19(26-2)20(11-15)27-3/h5-11,13,17-18H,4,12H2,1-3H3,(H,22,23,24)/t17-,18-/m0/s1. The second kappa shape index (κ2) is 7.80. The van der Waals surface area contributed by atoms with Gasteiger partial charge in [-0.1, -0.05) is 18.2 Å². The minimum absolute atomic E-state index is 0.0372. The Morgan fingerprint density at radius 1 is 1.04 bits per heavy atom. The highest BCUT2D eigenvalue weighted by Gasteiger charge is 2.30. The lowest BCUT2D eigenvalue weighted by Crippen LogP contribution is -2.28. The van der Waals surface area contributed by atoms with Crippen LogP contribution in [0.1, 0.15) is 36.6 Å². The van der Waals surface area contributed by atoms with E-state index in [2.05, 4.69) is 33.6 Å². The number of hydrogen-bond acceptors (Lipinski definition) is 6. The maximum absolute atomic E-state index is 5.56. The third-order valence-corrected chi connectivity index (χ3v) is 5.02. The fourth-order valence-corrected chi connectivity index (χ4v) is 3.64. The third-order valence-electron chi connectivity index (χ3n) is 5.02. The molecular weight excluding hydrogens is 356 g/mol. The molecule has 0 radical (unpaired) electrons. The summed E-state index contributed by atoms with van der Waals surface area (Å²) in [4.78, 5) is 4.39. The number of aromatic nitrogens is 3. The Labute approximate surface area is 164 Å². The number of ether oxygens (including phenoxy) is 3. The average Bonchev–Trinajstić information content (AvgIpc) is 3.22. The van der Waals surface area contributed by atoms with Gasteiger partial charge in [0.1, 0.15) is 12.1 Å². The van der Waals surface area contributed by atoms with Gasteiger partial charge in [-0.3, -0.25) is 0 Å². The molecule has 2 heterocycles. The first-order valence-electron chi connectivity index (χ1n) is 9.34. The van der Waals surface area contributed by atoms with E-state index in [1.54, 1.807) is 20.5 Å². The van der Waals surface area contributed by atoms with Gasteiger partial charge in [0, 0.05) is 0 Å². The molecule has 0 saturated carbocycles. The summed E-state index contributed by atoms with van der Waals surface area (Å²) in [5, 5.41) is 7.92. The van der Waals surface area contributed by atoms with E-state index in [1.807, 2.05) is 35.9 Å². The third kappa shape index (κ3) is 3.35. The molecule has 1 N–H and O–H groups in total. The van der Waals surface area contributed by atoms with Gasteiger partial charge in [0.25, 0.3) is 0 Å². The minimum Gasteiger partial charge on any atom is -0.494 e. The highest BCUT2D eigenvalue weighted by atomic mass is 16.5. The minimum atomic E-state index is 0.0372. The highest BCUT2D eigenvalue weighted by Crippen LogP contribution is 2.40. The van der Waals surface area contributed by atoms with Crippen LogP contribution in [-0.4, -0.2) is 35.6 Å². The number of benzene rings is 2. The summed E-state index contributed by atoms with van der Waals surface area (Å²) in [6, 6.07) is 14.4. The summed E-state index contributed by atoms with van der Waals surface area (Å²) < 4.78 is 18.3. The normalized spacial score (nSPS) is 18.1. The summed E-state index contributed by atoms with van der Waals surface area (Å²) >= 11 is 0. The van der Waals surface area contributed by atoms with Gasteiger partial charge >= 0.3 is 0 Å². The quantitative estimate of drug-likeness (QED) is 0.701. The maximum atomic E-state index is 5.56. The van der Waals surface area contributed by atoms with Gasteiger partial charge in [0.05, 0.1) is 32.9 Å². The largest absolute Gasteiger partial charge is 0.494 e. The number of nitrogens with zero attached hydrogens (tertiary/aromatic N) is 3. The van der Waals surface area contributed by atoms with Crippen LogP contribution < -0.4 is 19.5 Å². The maximum Gasteiger partial charge on any atom is 0.222 e. The van der Waals surface area contributed by atoms with E-state index in [-0.39, 0.29) is 12.1 Å². The van der Waals surface area contributed by atoms with Crippen molar-refractivity contribution in [1.29, 1.82) is 0 Å². The van der Waals surface area contributed by atoms with E-state index in [1.165, 1.54) is 5.56 Å². The summed E-state index contributed by atoms with van der Waals surface area (Å²) in [7, 11) is 3.28. The summed E-state index contributed by atoms with van der Waals surface area (Å²) in [6.07, 6.45) is 2.41. The molecule has 28 heavy (non-hydrogen) atoms. The first-order valence-corrected chi connectivity index (χ1v) is 9.34. The molecule has 2 atom stereocenters. The van der Waals surface area contributed by atoms with Gasteiger partial charge < -0.3 is 19.5 Å². The Bertz CT molecular complexity index is 939. The SMILES string of the molecule is CCOc1ccc([C@@H]2C[C@@H](c3ccc(OC)c(OC)c3)n3ncnc3N2)cc1. The van der Waals surface area contributed by atoms with Crippen molar-refractivity contribution in [2.45, 2.75) is 25.4 Å². The van der Waals surface area contributed by atoms with Crippen molar-refractivity contribution in [3.8, 4) is 17.2 Å². The van der Waals surface area contributed by atoms with Gasteiger partial charge in [-0.15, -0.1) is 0 Å². The van der Waals surface area contributed by atoms with Crippen molar-refractivity contribution < 1.29 is 14.2 Å². The Morgan fingerprint density at radius 2 is 1.79 bits per heavy atom. The molecule has 0 amide bonds. The molecule has 0 saturated heterocycles. The molecule has 146 valence electrons. The zero-order chi connectivity index (χ0) is 19.5. The Morgan fingerprint density at radius 3 is 2.50 bits per heavy atom. The van der Waals surface area contributed by atoms with E-state index in [0.29, 0.717) is 18.1 Å². The van der Waals surface area contributed by atoms with E-state index in [0.717, 1.165) is 23.7 Å². The van der Waals surface area contributed by atoms with Crippen LogP contribution in [0.25, 0.3) is 0 Å². The Balaban J connectivity index is 1.66. The van der Waals surface area contributed by atoms with Crippen LogP contribution in [0.2, 0.25) is 0 Å². The monoisotopic (exact) mass is 380 g/mol. The zero-order valence-electron chi connectivity index (χ0n) is 16.3. The molecule has 0 fully saturated rings. The highest BCUT2D eigenvalue weighted by molar-refractivity contribution is 5.46. The van der Waals surface area contributed by atoms with Crippen molar-refractivity contribution in [2.75, 3.05) is 26.1 Å². The fraction of sp³-hybridized carbons (Fsp3) is 0.333. The number of methoxy groups -OCH3 is 2. The molecule has 0 aliphatic carbocycles. The second-order valence-electron chi connectivity index (χ2n) is 6.59. The number of hydrogen-bond donors (Lipinski definition) is 1.